The van der Waals surface area contributed by atoms with Crippen molar-refractivity contribution in [3.63, 3.8) is 0 Å². The lowest BCUT2D eigenvalue weighted by atomic mass is 9.89. The minimum atomic E-state index is -0.0145. The molecule has 0 saturated carbocycles. The lowest BCUT2D eigenvalue weighted by molar-refractivity contribution is 0.384. The molecule has 0 heterocycles. The highest BCUT2D eigenvalue weighted by molar-refractivity contribution is 4.92. The van der Waals surface area contributed by atoms with Crippen molar-refractivity contribution in [2.75, 3.05) is 6.54 Å². The molecular weight excluding hydrogens is 260 g/mol. The van der Waals surface area contributed by atoms with Gasteiger partial charge in [0.2, 0.25) is 0 Å². The van der Waals surface area contributed by atoms with E-state index in [1.54, 1.807) is 0 Å². The number of unbranched alkanes of at least 4 members (excludes halogenated alkanes) is 3. The van der Waals surface area contributed by atoms with Crippen molar-refractivity contribution in [3.8, 4) is 0 Å². The molecule has 0 aromatic rings. The lowest BCUT2D eigenvalue weighted by Gasteiger charge is -2.17. The Labute approximate surface area is 131 Å². The predicted octanol–water partition coefficient (Wildman–Crippen LogP) is 5.36. The summed E-state index contributed by atoms with van der Waals surface area (Å²) in [5, 5.41) is 2.98. The molecule has 0 bridgehead atoms. The molecule has 0 aliphatic carbocycles. The first-order chi connectivity index (χ1) is 10.0. The Kier molecular flexibility index (Phi) is 12.2. The molecule has 0 saturated heterocycles. The van der Waals surface area contributed by atoms with Gasteiger partial charge in [-0.25, -0.2) is 0 Å². The van der Waals surface area contributed by atoms with Crippen molar-refractivity contribution in [3.05, 3.63) is 29.2 Å². The van der Waals surface area contributed by atoms with E-state index in [0.717, 1.165) is 32.1 Å². The third kappa shape index (κ3) is 13.8. The average Bonchev–Trinajstić information content (AvgIpc) is 2.42. The summed E-state index contributed by atoms with van der Waals surface area (Å²) in [5.74, 6) is 0. The molecule has 0 aromatic heterocycles. The number of nitrogens with zero attached hydrogens (tertiary/aromatic N) is 1. The molecule has 3 heteroatoms. The summed E-state index contributed by atoms with van der Waals surface area (Å²) >= 11 is 0. The summed E-state index contributed by atoms with van der Waals surface area (Å²) in [6, 6.07) is 0.319. The van der Waals surface area contributed by atoms with Crippen molar-refractivity contribution >= 4 is 0 Å². The molecule has 0 aliphatic rings. The van der Waals surface area contributed by atoms with Crippen molar-refractivity contribution in [1.29, 1.82) is 0 Å². The van der Waals surface area contributed by atoms with E-state index in [1.807, 2.05) is 0 Å². The van der Waals surface area contributed by atoms with E-state index in [2.05, 4.69) is 50.3 Å². The summed E-state index contributed by atoms with van der Waals surface area (Å²) in [6.07, 6.45) is 17.7. The van der Waals surface area contributed by atoms with Gasteiger partial charge in [-0.05, 0) is 37.5 Å². The molecule has 0 aliphatic heterocycles. The molecule has 21 heavy (non-hydrogen) atoms. The Bertz CT molecular complexity index is 308. The minimum Gasteiger partial charge on any atom is -0.327 e. The zero-order valence-corrected chi connectivity index (χ0v) is 14.2. The van der Waals surface area contributed by atoms with Gasteiger partial charge in [0.25, 0.3) is 0 Å². The van der Waals surface area contributed by atoms with Gasteiger partial charge >= 0.3 is 0 Å². The topological polar surface area (TPSA) is 55.4 Å². The van der Waals surface area contributed by atoms with E-state index in [1.165, 1.54) is 19.3 Å². The summed E-state index contributed by atoms with van der Waals surface area (Å²) in [4.78, 5) is 10.3. The zero-order valence-electron chi connectivity index (χ0n) is 14.2. The highest BCUT2D eigenvalue weighted by Crippen LogP contribution is 2.21. The molecule has 122 valence electrons. The number of nitroso groups, excluding NO2 is 1. The van der Waals surface area contributed by atoms with Crippen LogP contribution in [0.15, 0.2) is 29.5 Å². The second-order valence-corrected chi connectivity index (χ2v) is 6.67. The molecule has 0 rings (SSSR count). The quantitative estimate of drug-likeness (QED) is 0.282. The molecule has 0 fully saturated rings. The van der Waals surface area contributed by atoms with Crippen LogP contribution in [0.5, 0.6) is 0 Å². The maximum Gasteiger partial charge on any atom is 0.0865 e. The van der Waals surface area contributed by atoms with Crippen molar-refractivity contribution < 1.29 is 0 Å². The number of nitrogens with two attached hydrogens (primary N) is 1. The Hall–Kier alpha value is -0.960. The minimum absolute atomic E-state index is 0.0145. The van der Waals surface area contributed by atoms with Crippen LogP contribution in [0.25, 0.3) is 0 Å². The van der Waals surface area contributed by atoms with Gasteiger partial charge in [-0.2, -0.15) is 4.91 Å². The van der Waals surface area contributed by atoms with E-state index >= 15 is 0 Å². The zero-order chi connectivity index (χ0) is 16.0. The average molecular weight is 294 g/mol. The highest BCUT2D eigenvalue weighted by Gasteiger charge is 2.15. The monoisotopic (exact) mass is 294 g/mol. The van der Waals surface area contributed by atoms with Crippen LogP contribution in [-0.4, -0.2) is 12.6 Å². The highest BCUT2D eigenvalue weighted by atomic mass is 16.3. The van der Waals surface area contributed by atoms with Crippen LogP contribution in [0.3, 0.4) is 0 Å². The first kappa shape index (κ1) is 20.0. The van der Waals surface area contributed by atoms with Crippen LogP contribution in [0.2, 0.25) is 0 Å². The Morgan fingerprint density at radius 2 is 1.76 bits per heavy atom. The molecule has 2 N–H and O–H groups in total. The standard InChI is InChI=1S/C18H34N2O/c1-4-5-10-13-17(19)14-11-8-6-7-9-12-15-18(2,3)16-20-21/h8-9,11-12,17H,4-7,10,13-16,19H2,1-3H3. The van der Waals surface area contributed by atoms with Crippen molar-refractivity contribution in [1.82, 2.24) is 0 Å². The fourth-order valence-corrected chi connectivity index (χ4v) is 2.12. The molecule has 0 aromatic carbocycles. The van der Waals surface area contributed by atoms with Crippen LogP contribution in [0.1, 0.15) is 72.1 Å². The molecule has 0 radical (unpaired) electrons. The van der Waals surface area contributed by atoms with Crippen LogP contribution in [0.4, 0.5) is 0 Å². The molecular formula is C18H34N2O. The summed E-state index contributed by atoms with van der Waals surface area (Å²) in [7, 11) is 0. The van der Waals surface area contributed by atoms with E-state index in [0.29, 0.717) is 12.6 Å². The van der Waals surface area contributed by atoms with Gasteiger partial charge in [-0.1, -0.05) is 69.5 Å². The normalized spacial score (nSPS) is 14.1. The Morgan fingerprint density at radius 3 is 2.38 bits per heavy atom. The fraction of sp³-hybridized carbons (Fsp3) is 0.778. The van der Waals surface area contributed by atoms with Crippen LogP contribution >= 0.6 is 0 Å². The summed E-state index contributed by atoms with van der Waals surface area (Å²) in [6.45, 7) is 6.74. The maximum atomic E-state index is 10.3. The SMILES string of the molecule is CCCCCC(N)CC=CCCC=CCC(C)(C)CN=O. The van der Waals surface area contributed by atoms with Gasteiger partial charge in [0, 0.05) is 6.04 Å². The smallest absolute Gasteiger partial charge is 0.0865 e. The number of hydrogen-bond donors (Lipinski definition) is 1. The van der Waals surface area contributed by atoms with Crippen LogP contribution in [-0.2, 0) is 0 Å². The van der Waals surface area contributed by atoms with Gasteiger partial charge in [0.15, 0.2) is 0 Å². The van der Waals surface area contributed by atoms with E-state index in [-0.39, 0.29) is 5.41 Å². The molecule has 1 unspecified atom stereocenters. The predicted molar refractivity (Wildman–Crippen MR) is 93.3 cm³/mol. The summed E-state index contributed by atoms with van der Waals surface area (Å²) in [5.41, 5.74) is 6.04. The molecule has 3 nitrogen and oxygen atoms in total. The van der Waals surface area contributed by atoms with Crippen molar-refractivity contribution in [2.24, 2.45) is 16.3 Å². The Balaban J connectivity index is 3.61. The van der Waals surface area contributed by atoms with Crippen LogP contribution < -0.4 is 5.73 Å². The maximum absolute atomic E-state index is 10.3. The largest absolute Gasteiger partial charge is 0.327 e. The first-order valence-electron chi connectivity index (χ1n) is 8.36. The van der Waals surface area contributed by atoms with Gasteiger partial charge in [0.05, 0.1) is 6.54 Å². The van der Waals surface area contributed by atoms with Crippen LogP contribution in [0, 0.1) is 10.3 Å². The van der Waals surface area contributed by atoms with E-state index in [4.69, 9.17) is 5.73 Å². The third-order valence-corrected chi connectivity index (χ3v) is 3.61. The van der Waals surface area contributed by atoms with E-state index in [9.17, 15) is 4.91 Å². The second-order valence-electron chi connectivity index (χ2n) is 6.67. The van der Waals surface area contributed by atoms with Gasteiger partial charge in [0.1, 0.15) is 0 Å². The van der Waals surface area contributed by atoms with Gasteiger partial charge < -0.3 is 5.73 Å². The molecule has 0 amide bonds. The second kappa shape index (κ2) is 12.8. The van der Waals surface area contributed by atoms with E-state index < -0.39 is 0 Å². The van der Waals surface area contributed by atoms with Gasteiger partial charge in [-0.3, -0.25) is 0 Å². The third-order valence-electron chi connectivity index (χ3n) is 3.61. The lowest BCUT2D eigenvalue weighted by Crippen LogP contribution is -2.18. The fourth-order valence-electron chi connectivity index (χ4n) is 2.12. The van der Waals surface area contributed by atoms with Crippen molar-refractivity contribution in [2.45, 2.75) is 78.2 Å². The number of rotatable bonds is 13. The molecule has 1 atom stereocenters. The summed E-state index contributed by atoms with van der Waals surface area (Å²) < 4.78 is 0. The number of hydrogen-bond acceptors (Lipinski definition) is 3. The van der Waals surface area contributed by atoms with Gasteiger partial charge in [-0.15, -0.1) is 0 Å². The molecule has 0 spiro atoms. The first-order valence-corrected chi connectivity index (χ1v) is 8.36. The Morgan fingerprint density at radius 1 is 1.10 bits per heavy atom. The number of allylic oxidation sites excluding steroid dienone is 3.